The fraction of sp³-hybridized carbons (Fsp3) is 0.286. The average molecular weight is 296 g/mol. The number of nitrogens with zero attached hydrogens (tertiary/aromatic N) is 2. The molecular weight excluding hydrogens is 281 g/mol. The molecular formula is C14H15F3N4. The molecule has 0 aliphatic rings. The predicted molar refractivity (Wildman–Crippen MR) is 75.2 cm³/mol. The van der Waals surface area contributed by atoms with Gasteiger partial charge in [0.15, 0.2) is 11.6 Å². The number of aromatic nitrogens is 2. The molecule has 0 atom stereocenters. The van der Waals surface area contributed by atoms with E-state index in [1.54, 1.807) is 7.05 Å². The first-order chi connectivity index (χ1) is 10.1. The van der Waals surface area contributed by atoms with Gasteiger partial charge in [0.1, 0.15) is 29.5 Å². The van der Waals surface area contributed by atoms with Crippen LogP contribution in [0.1, 0.15) is 18.9 Å². The lowest BCUT2D eigenvalue weighted by molar-refractivity contribution is 0.548. The molecule has 1 aromatic heterocycles. The van der Waals surface area contributed by atoms with Crippen molar-refractivity contribution in [3.63, 3.8) is 0 Å². The number of halogens is 3. The molecule has 2 aromatic rings. The van der Waals surface area contributed by atoms with Crippen LogP contribution in [0.4, 0.5) is 30.5 Å². The maximum Gasteiger partial charge on any atom is 0.152 e. The largest absolute Gasteiger partial charge is 0.373 e. The zero-order valence-corrected chi connectivity index (χ0v) is 11.7. The van der Waals surface area contributed by atoms with E-state index in [0.717, 1.165) is 6.42 Å². The van der Waals surface area contributed by atoms with E-state index in [1.807, 2.05) is 6.92 Å². The molecule has 0 aliphatic carbocycles. The summed E-state index contributed by atoms with van der Waals surface area (Å²) in [7, 11) is 1.70. The number of benzene rings is 1. The van der Waals surface area contributed by atoms with Gasteiger partial charge < -0.3 is 10.6 Å². The van der Waals surface area contributed by atoms with Gasteiger partial charge in [-0.25, -0.2) is 23.1 Å². The van der Waals surface area contributed by atoms with Crippen molar-refractivity contribution in [2.45, 2.75) is 19.8 Å². The van der Waals surface area contributed by atoms with E-state index in [1.165, 1.54) is 6.33 Å². The molecule has 0 fully saturated rings. The second-order valence-corrected chi connectivity index (χ2v) is 4.42. The summed E-state index contributed by atoms with van der Waals surface area (Å²) in [5, 5.41) is 5.49. The molecule has 0 saturated heterocycles. The predicted octanol–water partition coefficient (Wildman–Crippen LogP) is 3.63. The molecule has 0 radical (unpaired) electrons. The molecule has 112 valence electrons. The Kier molecular flexibility index (Phi) is 4.62. The van der Waals surface area contributed by atoms with E-state index in [9.17, 15) is 13.2 Å². The minimum absolute atomic E-state index is 0.292. The Labute approximate surface area is 120 Å². The van der Waals surface area contributed by atoms with Crippen LogP contribution in [0.15, 0.2) is 18.5 Å². The quantitative estimate of drug-likeness (QED) is 0.884. The SMILES string of the molecule is CCCc1c(NC)ncnc1Nc1c(F)cc(F)cc1F. The third-order valence-electron chi connectivity index (χ3n) is 2.93. The zero-order chi connectivity index (χ0) is 15.4. The van der Waals surface area contributed by atoms with Gasteiger partial charge in [0.2, 0.25) is 0 Å². The summed E-state index contributed by atoms with van der Waals surface area (Å²) in [6.45, 7) is 1.97. The van der Waals surface area contributed by atoms with Crippen molar-refractivity contribution < 1.29 is 13.2 Å². The van der Waals surface area contributed by atoms with Crippen LogP contribution in [0.25, 0.3) is 0 Å². The number of hydrogen-bond acceptors (Lipinski definition) is 4. The molecule has 0 amide bonds. The number of nitrogens with one attached hydrogen (secondary N) is 2. The summed E-state index contributed by atoms with van der Waals surface area (Å²) in [6, 6.07) is 1.23. The molecule has 0 spiro atoms. The van der Waals surface area contributed by atoms with Crippen LogP contribution in [-0.4, -0.2) is 17.0 Å². The van der Waals surface area contributed by atoms with Crippen molar-refractivity contribution in [1.82, 2.24) is 9.97 Å². The third kappa shape index (κ3) is 3.24. The highest BCUT2D eigenvalue weighted by Crippen LogP contribution is 2.28. The zero-order valence-electron chi connectivity index (χ0n) is 11.7. The lowest BCUT2D eigenvalue weighted by atomic mass is 10.1. The van der Waals surface area contributed by atoms with Crippen LogP contribution in [0.3, 0.4) is 0 Å². The molecule has 7 heteroatoms. The van der Waals surface area contributed by atoms with Gasteiger partial charge >= 0.3 is 0 Å². The average Bonchev–Trinajstić information content (AvgIpc) is 2.44. The van der Waals surface area contributed by atoms with Crippen LogP contribution < -0.4 is 10.6 Å². The fourth-order valence-corrected chi connectivity index (χ4v) is 2.00. The Morgan fingerprint density at radius 1 is 1.05 bits per heavy atom. The van der Waals surface area contributed by atoms with Gasteiger partial charge in [-0.1, -0.05) is 13.3 Å². The minimum Gasteiger partial charge on any atom is -0.373 e. The Morgan fingerprint density at radius 3 is 2.24 bits per heavy atom. The Balaban J connectivity index is 2.44. The van der Waals surface area contributed by atoms with Crippen molar-refractivity contribution in [3.8, 4) is 0 Å². The third-order valence-corrected chi connectivity index (χ3v) is 2.93. The summed E-state index contributed by atoms with van der Waals surface area (Å²) in [5.74, 6) is -2.13. The van der Waals surface area contributed by atoms with Crippen LogP contribution in [0, 0.1) is 17.5 Å². The Hall–Kier alpha value is -2.31. The van der Waals surface area contributed by atoms with E-state index in [-0.39, 0.29) is 0 Å². The van der Waals surface area contributed by atoms with Crippen LogP contribution in [-0.2, 0) is 6.42 Å². The fourth-order valence-electron chi connectivity index (χ4n) is 2.00. The van der Waals surface area contributed by atoms with Gasteiger partial charge in [-0.05, 0) is 6.42 Å². The molecule has 21 heavy (non-hydrogen) atoms. The number of anilines is 3. The van der Waals surface area contributed by atoms with E-state index in [2.05, 4.69) is 20.6 Å². The molecule has 0 bridgehead atoms. The first-order valence-corrected chi connectivity index (χ1v) is 6.50. The number of rotatable bonds is 5. The monoisotopic (exact) mass is 296 g/mol. The first kappa shape index (κ1) is 15.1. The number of hydrogen-bond donors (Lipinski definition) is 2. The van der Waals surface area contributed by atoms with Crippen LogP contribution >= 0.6 is 0 Å². The molecule has 2 N–H and O–H groups in total. The summed E-state index contributed by atoms with van der Waals surface area (Å²) in [5.41, 5.74) is 0.278. The summed E-state index contributed by atoms with van der Waals surface area (Å²) in [6.07, 6.45) is 2.72. The highest BCUT2D eigenvalue weighted by molar-refractivity contribution is 5.65. The molecule has 1 aromatic carbocycles. The Morgan fingerprint density at radius 2 is 1.67 bits per heavy atom. The first-order valence-electron chi connectivity index (χ1n) is 6.50. The maximum atomic E-state index is 13.7. The molecule has 2 rings (SSSR count). The topological polar surface area (TPSA) is 49.8 Å². The van der Waals surface area contributed by atoms with Gasteiger partial charge in [-0.2, -0.15) is 0 Å². The van der Waals surface area contributed by atoms with Crippen molar-refractivity contribution >= 4 is 17.3 Å². The second-order valence-electron chi connectivity index (χ2n) is 4.42. The van der Waals surface area contributed by atoms with Crippen molar-refractivity contribution in [3.05, 3.63) is 41.5 Å². The smallest absolute Gasteiger partial charge is 0.152 e. The maximum absolute atomic E-state index is 13.7. The summed E-state index contributed by atoms with van der Waals surface area (Å²) >= 11 is 0. The van der Waals surface area contributed by atoms with E-state index in [0.29, 0.717) is 35.8 Å². The lowest BCUT2D eigenvalue weighted by Gasteiger charge is -2.14. The van der Waals surface area contributed by atoms with Gasteiger partial charge in [0, 0.05) is 24.7 Å². The summed E-state index contributed by atoms with van der Waals surface area (Å²) in [4.78, 5) is 8.08. The van der Waals surface area contributed by atoms with E-state index >= 15 is 0 Å². The van der Waals surface area contributed by atoms with E-state index in [4.69, 9.17) is 0 Å². The van der Waals surface area contributed by atoms with Crippen molar-refractivity contribution in [2.24, 2.45) is 0 Å². The van der Waals surface area contributed by atoms with Gasteiger partial charge in [-0.15, -0.1) is 0 Å². The van der Waals surface area contributed by atoms with Crippen molar-refractivity contribution in [1.29, 1.82) is 0 Å². The van der Waals surface area contributed by atoms with Gasteiger partial charge in [-0.3, -0.25) is 0 Å². The summed E-state index contributed by atoms with van der Waals surface area (Å²) < 4.78 is 40.3. The van der Waals surface area contributed by atoms with Gasteiger partial charge in [0.25, 0.3) is 0 Å². The van der Waals surface area contributed by atoms with Crippen molar-refractivity contribution in [2.75, 3.05) is 17.7 Å². The molecule has 0 aliphatic heterocycles. The van der Waals surface area contributed by atoms with Crippen LogP contribution in [0.2, 0.25) is 0 Å². The standard InChI is InChI=1S/C14H15F3N4/c1-3-4-9-13(18-2)19-7-20-14(9)21-12-10(16)5-8(15)6-11(12)17/h5-7H,3-4H2,1-2H3,(H2,18,19,20,21). The van der Waals surface area contributed by atoms with Crippen LogP contribution in [0.5, 0.6) is 0 Å². The van der Waals surface area contributed by atoms with Gasteiger partial charge in [0.05, 0.1) is 0 Å². The Bertz CT molecular complexity index is 623. The highest BCUT2D eigenvalue weighted by atomic mass is 19.1. The molecule has 4 nitrogen and oxygen atoms in total. The lowest BCUT2D eigenvalue weighted by Crippen LogP contribution is -2.07. The second kappa shape index (κ2) is 6.43. The normalized spacial score (nSPS) is 10.5. The highest BCUT2D eigenvalue weighted by Gasteiger charge is 2.16. The molecule has 0 unspecified atom stereocenters. The van der Waals surface area contributed by atoms with E-state index < -0.39 is 23.1 Å². The minimum atomic E-state index is -1.01. The molecule has 0 saturated carbocycles. The molecule has 1 heterocycles.